The summed E-state index contributed by atoms with van der Waals surface area (Å²) in [5.74, 6) is -3.61. The number of ether oxygens (including phenoxy) is 2. The molecule has 0 bridgehead atoms. The van der Waals surface area contributed by atoms with Gasteiger partial charge in [0, 0.05) is 5.56 Å². The Kier molecular flexibility index (Phi) is 8.34. The van der Waals surface area contributed by atoms with Crippen LogP contribution in [0.15, 0.2) is 60.7 Å². The molecule has 0 aliphatic heterocycles. The molecule has 0 radical (unpaired) electrons. The highest BCUT2D eigenvalue weighted by molar-refractivity contribution is 5.65. The summed E-state index contributed by atoms with van der Waals surface area (Å²) in [6.07, 6.45) is 7.83. The van der Waals surface area contributed by atoms with Crippen LogP contribution in [0.1, 0.15) is 56.6 Å². The van der Waals surface area contributed by atoms with E-state index in [1.54, 1.807) is 37.3 Å². The van der Waals surface area contributed by atoms with Crippen LogP contribution >= 0.6 is 0 Å². The summed E-state index contributed by atoms with van der Waals surface area (Å²) >= 11 is 0. The van der Waals surface area contributed by atoms with E-state index in [1.807, 2.05) is 13.0 Å². The summed E-state index contributed by atoms with van der Waals surface area (Å²) in [6.45, 7) is 3.93. The summed E-state index contributed by atoms with van der Waals surface area (Å²) in [5, 5.41) is 0. The van der Waals surface area contributed by atoms with Crippen LogP contribution in [0.2, 0.25) is 0 Å². The van der Waals surface area contributed by atoms with Crippen LogP contribution < -0.4 is 9.47 Å². The van der Waals surface area contributed by atoms with Crippen molar-refractivity contribution >= 4 is 0 Å². The van der Waals surface area contributed by atoms with Crippen molar-refractivity contribution < 1.29 is 27.0 Å². The molecule has 3 aromatic rings. The Labute approximate surface area is 209 Å². The lowest BCUT2D eigenvalue weighted by atomic mass is 9.78. The first-order chi connectivity index (χ1) is 17.4. The van der Waals surface area contributed by atoms with Crippen LogP contribution in [0.4, 0.5) is 17.6 Å². The van der Waals surface area contributed by atoms with Crippen LogP contribution in [0.5, 0.6) is 11.5 Å². The van der Waals surface area contributed by atoms with Crippen molar-refractivity contribution in [2.75, 3.05) is 6.61 Å². The Morgan fingerprint density at radius 3 is 2.06 bits per heavy atom. The standard InChI is InChI=1S/C30H30F4O2/c1-3-5-19-6-10-21(11-7-19)24-15-17-26(30(34)28(24)32)36-18-20-8-12-22(13-9-20)23-14-16-25(35-4-2)29(33)27(23)31/h3,5,8-9,12-17,19,21H,4,6-7,10-11,18H2,1-2H3/b5-3+. The Hall–Kier alpha value is -3.28. The summed E-state index contributed by atoms with van der Waals surface area (Å²) in [6, 6.07) is 12.6. The quantitative estimate of drug-likeness (QED) is 0.228. The second-order valence-electron chi connectivity index (χ2n) is 9.08. The van der Waals surface area contributed by atoms with Gasteiger partial charge in [-0.25, -0.2) is 8.78 Å². The van der Waals surface area contributed by atoms with E-state index in [4.69, 9.17) is 9.47 Å². The van der Waals surface area contributed by atoms with Gasteiger partial charge in [-0.05, 0) is 86.3 Å². The first-order valence-electron chi connectivity index (χ1n) is 12.4. The lowest BCUT2D eigenvalue weighted by Crippen LogP contribution is -2.13. The second kappa shape index (κ2) is 11.6. The maximum atomic E-state index is 14.9. The van der Waals surface area contributed by atoms with Crippen LogP contribution in [-0.2, 0) is 6.61 Å². The zero-order valence-corrected chi connectivity index (χ0v) is 20.5. The molecule has 0 saturated heterocycles. The van der Waals surface area contributed by atoms with Crippen LogP contribution in [-0.4, -0.2) is 6.61 Å². The number of hydrogen-bond donors (Lipinski definition) is 0. The minimum absolute atomic E-state index is 0.00453. The van der Waals surface area contributed by atoms with Gasteiger partial charge < -0.3 is 9.47 Å². The zero-order valence-electron chi connectivity index (χ0n) is 20.5. The van der Waals surface area contributed by atoms with E-state index in [9.17, 15) is 17.6 Å². The monoisotopic (exact) mass is 498 g/mol. The summed E-state index contributed by atoms with van der Waals surface area (Å²) in [7, 11) is 0. The first-order valence-corrected chi connectivity index (χ1v) is 12.4. The first kappa shape index (κ1) is 25.8. The molecule has 0 amide bonds. The van der Waals surface area contributed by atoms with Gasteiger partial charge in [0.2, 0.25) is 11.6 Å². The molecular formula is C30H30F4O2. The Bertz CT molecular complexity index is 1210. The largest absolute Gasteiger partial charge is 0.491 e. The highest BCUT2D eigenvalue weighted by Gasteiger charge is 2.26. The molecule has 36 heavy (non-hydrogen) atoms. The number of rotatable bonds is 8. The van der Waals surface area contributed by atoms with Gasteiger partial charge in [-0.2, -0.15) is 8.78 Å². The summed E-state index contributed by atoms with van der Waals surface area (Å²) in [4.78, 5) is 0. The van der Waals surface area contributed by atoms with Gasteiger partial charge in [0.1, 0.15) is 6.61 Å². The third kappa shape index (κ3) is 5.58. The van der Waals surface area contributed by atoms with Gasteiger partial charge in [-0.1, -0.05) is 42.5 Å². The number of halogens is 4. The lowest BCUT2D eigenvalue weighted by molar-refractivity contribution is 0.282. The van der Waals surface area contributed by atoms with E-state index in [1.165, 1.54) is 18.2 Å². The van der Waals surface area contributed by atoms with Crippen molar-refractivity contribution in [3.8, 4) is 22.6 Å². The molecule has 0 atom stereocenters. The molecule has 3 aromatic carbocycles. The Morgan fingerprint density at radius 2 is 1.39 bits per heavy atom. The number of benzene rings is 3. The molecule has 6 heteroatoms. The molecule has 190 valence electrons. The normalized spacial score (nSPS) is 17.9. The molecule has 1 saturated carbocycles. The summed E-state index contributed by atoms with van der Waals surface area (Å²) in [5.41, 5.74) is 1.67. The topological polar surface area (TPSA) is 18.5 Å². The van der Waals surface area contributed by atoms with E-state index in [-0.39, 0.29) is 36.2 Å². The molecule has 1 aliphatic carbocycles. The van der Waals surface area contributed by atoms with E-state index >= 15 is 0 Å². The van der Waals surface area contributed by atoms with Crippen LogP contribution in [0.3, 0.4) is 0 Å². The maximum absolute atomic E-state index is 14.9. The maximum Gasteiger partial charge on any atom is 0.201 e. The van der Waals surface area contributed by atoms with E-state index in [2.05, 4.69) is 6.08 Å². The number of hydrogen-bond acceptors (Lipinski definition) is 2. The molecule has 1 fully saturated rings. The molecule has 2 nitrogen and oxygen atoms in total. The molecule has 1 aliphatic rings. The fraction of sp³-hybridized carbons (Fsp3) is 0.333. The van der Waals surface area contributed by atoms with Gasteiger partial charge in [0.25, 0.3) is 0 Å². The van der Waals surface area contributed by atoms with Crippen LogP contribution in [0.25, 0.3) is 11.1 Å². The Morgan fingerprint density at radius 1 is 0.750 bits per heavy atom. The van der Waals surface area contributed by atoms with Crippen molar-refractivity contribution in [3.63, 3.8) is 0 Å². The molecule has 4 rings (SSSR count). The molecule has 0 aromatic heterocycles. The van der Waals surface area contributed by atoms with Gasteiger partial charge in [0.15, 0.2) is 23.1 Å². The highest BCUT2D eigenvalue weighted by Crippen LogP contribution is 2.39. The lowest BCUT2D eigenvalue weighted by Gasteiger charge is -2.27. The van der Waals surface area contributed by atoms with E-state index in [0.29, 0.717) is 22.6 Å². The van der Waals surface area contributed by atoms with Gasteiger partial charge >= 0.3 is 0 Å². The number of allylic oxidation sites excluding steroid dienone is 2. The second-order valence-corrected chi connectivity index (χ2v) is 9.08. The van der Waals surface area contributed by atoms with E-state index in [0.717, 1.165) is 25.7 Å². The predicted octanol–water partition coefficient (Wildman–Crippen LogP) is 8.74. The smallest absolute Gasteiger partial charge is 0.201 e. The highest BCUT2D eigenvalue weighted by atomic mass is 19.2. The van der Waals surface area contributed by atoms with E-state index < -0.39 is 23.3 Å². The third-order valence-corrected chi connectivity index (χ3v) is 6.76. The molecule has 0 unspecified atom stereocenters. The average Bonchev–Trinajstić information content (AvgIpc) is 2.89. The molecule has 0 spiro atoms. The minimum atomic E-state index is -1.03. The van der Waals surface area contributed by atoms with Crippen molar-refractivity contribution in [3.05, 3.63) is 95.1 Å². The van der Waals surface area contributed by atoms with Crippen molar-refractivity contribution in [1.82, 2.24) is 0 Å². The van der Waals surface area contributed by atoms with Crippen molar-refractivity contribution in [1.29, 1.82) is 0 Å². The van der Waals surface area contributed by atoms with Gasteiger partial charge in [-0.3, -0.25) is 0 Å². The van der Waals surface area contributed by atoms with Gasteiger partial charge in [0.05, 0.1) is 6.61 Å². The van der Waals surface area contributed by atoms with Gasteiger partial charge in [-0.15, -0.1) is 0 Å². The third-order valence-electron chi connectivity index (χ3n) is 6.76. The Balaban J connectivity index is 1.41. The average molecular weight is 499 g/mol. The zero-order chi connectivity index (χ0) is 25.7. The fourth-order valence-corrected chi connectivity index (χ4v) is 4.83. The molecular weight excluding hydrogens is 468 g/mol. The van der Waals surface area contributed by atoms with Crippen molar-refractivity contribution in [2.24, 2.45) is 5.92 Å². The molecule has 0 N–H and O–H groups in total. The molecule has 0 heterocycles. The predicted molar refractivity (Wildman–Crippen MR) is 133 cm³/mol. The van der Waals surface area contributed by atoms with Crippen molar-refractivity contribution in [2.45, 2.75) is 52.1 Å². The van der Waals surface area contributed by atoms with Crippen LogP contribution in [0, 0.1) is 29.2 Å². The minimum Gasteiger partial charge on any atom is -0.491 e. The summed E-state index contributed by atoms with van der Waals surface area (Å²) < 4.78 is 69.0. The SMILES string of the molecule is C/C=C/C1CCC(c2ccc(OCc3ccc(-c4ccc(OCC)c(F)c4F)cc3)c(F)c2F)CC1. The fourth-order valence-electron chi connectivity index (χ4n) is 4.83.